The van der Waals surface area contributed by atoms with Crippen LogP contribution in [0.3, 0.4) is 0 Å². The molecule has 1 atom stereocenters. The average molecular weight is 350 g/mol. The van der Waals surface area contributed by atoms with E-state index in [1.807, 2.05) is 32.0 Å². The molecule has 1 N–H and O–H groups in total. The molecule has 26 heavy (non-hydrogen) atoms. The van der Waals surface area contributed by atoms with E-state index in [4.69, 9.17) is 0 Å². The van der Waals surface area contributed by atoms with Crippen molar-refractivity contribution >= 4 is 29.0 Å². The van der Waals surface area contributed by atoms with Gasteiger partial charge in [0.1, 0.15) is 0 Å². The number of hydrogen-bond donors (Lipinski definition) is 1. The number of amides is 2. The van der Waals surface area contributed by atoms with Gasteiger partial charge in [0, 0.05) is 29.9 Å². The molecule has 3 rings (SSSR count). The fourth-order valence-electron chi connectivity index (χ4n) is 3.26. The Bertz CT molecular complexity index is 871. The van der Waals surface area contributed by atoms with E-state index in [1.165, 1.54) is 6.92 Å². The molecule has 0 aromatic heterocycles. The second-order valence-electron chi connectivity index (χ2n) is 6.82. The lowest BCUT2D eigenvalue weighted by molar-refractivity contribution is -0.122. The molecule has 0 bridgehead atoms. The number of hydrogen-bond acceptors (Lipinski definition) is 3. The molecule has 2 aromatic carbocycles. The minimum Gasteiger partial charge on any atom is -0.326 e. The number of carbonyl (C=O) groups is 3. The zero-order chi connectivity index (χ0) is 18.8. The maximum Gasteiger partial charge on any atom is 0.229 e. The van der Waals surface area contributed by atoms with Crippen LogP contribution in [0.5, 0.6) is 0 Å². The third-order valence-electron chi connectivity index (χ3n) is 4.70. The Morgan fingerprint density at radius 3 is 2.38 bits per heavy atom. The van der Waals surface area contributed by atoms with Crippen LogP contribution in [-0.4, -0.2) is 24.1 Å². The summed E-state index contributed by atoms with van der Waals surface area (Å²) in [6.45, 7) is 5.86. The van der Waals surface area contributed by atoms with E-state index >= 15 is 0 Å². The molecule has 1 fully saturated rings. The average Bonchev–Trinajstić information content (AvgIpc) is 2.97. The lowest BCUT2D eigenvalue weighted by Gasteiger charge is -2.19. The molecular formula is C21H22N2O3. The first-order valence-corrected chi connectivity index (χ1v) is 8.64. The summed E-state index contributed by atoms with van der Waals surface area (Å²) >= 11 is 0. The monoisotopic (exact) mass is 350 g/mol. The number of ketones is 1. The maximum atomic E-state index is 12.5. The smallest absolute Gasteiger partial charge is 0.229 e. The van der Waals surface area contributed by atoms with Crippen LogP contribution >= 0.6 is 0 Å². The van der Waals surface area contributed by atoms with Crippen molar-refractivity contribution < 1.29 is 14.4 Å². The van der Waals surface area contributed by atoms with Crippen LogP contribution in [-0.2, 0) is 9.59 Å². The molecule has 0 spiro atoms. The molecule has 1 aliphatic heterocycles. The molecule has 1 heterocycles. The third kappa shape index (κ3) is 3.67. The lowest BCUT2D eigenvalue weighted by Crippen LogP contribution is -2.28. The van der Waals surface area contributed by atoms with E-state index < -0.39 is 5.92 Å². The summed E-state index contributed by atoms with van der Waals surface area (Å²) in [6.07, 6.45) is 0.199. The summed E-state index contributed by atoms with van der Waals surface area (Å²) in [7, 11) is 0. The number of rotatable bonds is 4. The second-order valence-corrected chi connectivity index (χ2v) is 6.82. The Morgan fingerprint density at radius 1 is 1.08 bits per heavy atom. The summed E-state index contributed by atoms with van der Waals surface area (Å²) in [5, 5.41) is 2.84. The number of nitrogens with one attached hydrogen (secondary N) is 1. The summed E-state index contributed by atoms with van der Waals surface area (Å²) in [5.41, 5.74) is 4.25. The van der Waals surface area contributed by atoms with Crippen LogP contribution in [0.25, 0.3) is 0 Å². The van der Waals surface area contributed by atoms with Crippen LogP contribution in [0, 0.1) is 19.8 Å². The summed E-state index contributed by atoms with van der Waals surface area (Å²) in [6, 6.07) is 12.7. The fraction of sp³-hybridized carbons (Fsp3) is 0.286. The molecule has 0 radical (unpaired) electrons. The van der Waals surface area contributed by atoms with Gasteiger partial charge in [-0.25, -0.2) is 0 Å². The van der Waals surface area contributed by atoms with Gasteiger partial charge in [0.2, 0.25) is 11.8 Å². The van der Waals surface area contributed by atoms with Gasteiger partial charge in [-0.15, -0.1) is 0 Å². The van der Waals surface area contributed by atoms with Gasteiger partial charge in [-0.05, 0) is 56.7 Å². The van der Waals surface area contributed by atoms with Gasteiger partial charge in [0.25, 0.3) is 0 Å². The lowest BCUT2D eigenvalue weighted by atomic mass is 10.1. The van der Waals surface area contributed by atoms with Gasteiger partial charge in [-0.3, -0.25) is 14.4 Å². The molecule has 1 saturated heterocycles. The highest BCUT2D eigenvalue weighted by atomic mass is 16.2. The second kappa shape index (κ2) is 7.12. The van der Waals surface area contributed by atoms with Gasteiger partial charge in [0.05, 0.1) is 5.92 Å². The number of benzene rings is 2. The van der Waals surface area contributed by atoms with Crippen molar-refractivity contribution in [3.8, 4) is 0 Å². The van der Waals surface area contributed by atoms with Gasteiger partial charge < -0.3 is 10.2 Å². The van der Waals surface area contributed by atoms with Gasteiger partial charge in [0.15, 0.2) is 5.78 Å². The number of carbonyl (C=O) groups excluding carboxylic acids is 3. The highest BCUT2D eigenvalue weighted by Crippen LogP contribution is 2.29. The molecule has 0 aliphatic carbocycles. The Labute approximate surface area is 153 Å². The van der Waals surface area contributed by atoms with Crippen LogP contribution < -0.4 is 10.2 Å². The van der Waals surface area contributed by atoms with E-state index in [0.717, 1.165) is 16.8 Å². The molecule has 2 aromatic rings. The molecule has 0 unspecified atom stereocenters. The molecule has 1 aliphatic rings. The first kappa shape index (κ1) is 17.9. The highest BCUT2D eigenvalue weighted by Gasteiger charge is 2.35. The molecule has 0 saturated carbocycles. The van der Waals surface area contributed by atoms with E-state index in [2.05, 4.69) is 5.32 Å². The molecule has 2 amide bonds. The first-order valence-electron chi connectivity index (χ1n) is 8.64. The Balaban J connectivity index is 1.69. The van der Waals surface area contributed by atoms with Crippen LogP contribution in [0.2, 0.25) is 0 Å². The van der Waals surface area contributed by atoms with Crippen LogP contribution in [0.1, 0.15) is 34.8 Å². The van der Waals surface area contributed by atoms with Crippen molar-refractivity contribution in [3.63, 3.8) is 0 Å². The topological polar surface area (TPSA) is 66.5 Å². The van der Waals surface area contributed by atoms with Crippen molar-refractivity contribution in [1.29, 1.82) is 0 Å². The Morgan fingerprint density at radius 2 is 1.77 bits per heavy atom. The van der Waals surface area contributed by atoms with Gasteiger partial charge in [-0.1, -0.05) is 17.7 Å². The van der Waals surface area contributed by atoms with Crippen molar-refractivity contribution in [2.75, 3.05) is 16.8 Å². The number of nitrogens with zero attached hydrogens (tertiary/aromatic N) is 1. The fourth-order valence-corrected chi connectivity index (χ4v) is 3.26. The minimum atomic E-state index is -0.393. The third-order valence-corrected chi connectivity index (χ3v) is 4.70. The maximum absolute atomic E-state index is 12.5. The zero-order valence-electron chi connectivity index (χ0n) is 15.2. The van der Waals surface area contributed by atoms with E-state index in [0.29, 0.717) is 17.8 Å². The van der Waals surface area contributed by atoms with Crippen LogP contribution in [0.4, 0.5) is 11.4 Å². The summed E-state index contributed by atoms with van der Waals surface area (Å²) in [4.78, 5) is 38.0. The molecule has 5 heteroatoms. The molecule has 5 nitrogen and oxygen atoms in total. The first-order chi connectivity index (χ1) is 12.3. The Kier molecular flexibility index (Phi) is 4.89. The predicted molar refractivity (Wildman–Crippen MR) is 101 cm³/mol. The zero-order valence-corrected chi connectivity index (χ0v) is 15.2. The highest BCUT2D eigenvalue weighted by molar-refractivity contribution is 6.04. The van der Waals surface area contributed by atoms with E-state index in [1.54, 1.807) is 29.2 Å². The molecule has 134 valence electrons. The van der Waals surface area contributed by atoms with Crippen molar-refractivity contribution in [1.82, 2.24) is 0 Å². The number of aryl methyl sites for hydroxylation is 2. The predicted octanol–water partition coefficient (Wildman–Crippen LogP) is 3.50. The largest absolute Gasteiger partial charge is 0.326 e. The Hall–Kier alpha value is -2.95. The normalized spacial score (nSPS) is 16.7. The van der Waals surface area contributed by atoms with E-state index in [-0.39, 0.29) is 24.0 Å². The van der Waals surface area contributed by atoms with Gasteiger partial charge >= 0.3 is 0 Å². The summed E-state index contributed by atoms with van der Waals surface area (Å²) in [5.74, 6) is -0.630. The van der Waals surface area contributed by atoms with E-state index in [9.17, 15) is 14.4 Å². The molecular weight excluding hydrogens is 328 g/mol. The minimum absolute atomic E-state index is 0.0200. The van der Waals surface area contributed by atoms with Crippen molar-refractivity contribution in [2.45, 2.75) is 27.2 Å². The SMILES string of the molecule is CC(=O)c1ccc(NC(=O)[C@@H]2CC(=O)N(c3ccc(C)cc3C)C2)cc1. The number of anilines is 2. The summed E-state index contributed by atoms with van der Waals surface area (Å²) < 4.78 is 0. The number of Topliss-reactive ketones (excluding diaryl/α,β-unsaturated/α-hetero) is 1. The quantitative estimate of drug-likeness (QED) is 0.858. The van der Waals surface area contributed by atoms with Gasteiger partial charge in [-0.2, -0.15) is 0 Å². The van der Waals surface area contributed by atoms with Crippen molar-refractivity contribution in [2.24, 2.45) is 5.92 Å². The van der Waals surface area contributed by atoms with Crippen molar-refractivity contribution in [3.05, 3.63) is 59.2 Å². The van der Waals surface area contributed by atoms with Crippen LogP contribution in [0.15, 0.2) is 42.5 Å². The standard InChI is InChI=1S/C21H22N2O3/c1-13-4-9-19(14(2)10-13)23-12-17(11-20(23)25)21(26)22-18-7-5-16(6-8-18)15(3)24/h4-10,17H,11-12H2,1-3H3,(H,22,26)/t17-/m1/s1.